The Kier molecular flexibility index (Phi) is 9.40. The van der Waals surface area contributed by atoms with Crippen LogP contribution in [0.4, 0.5) is 23.2 Å². The maximum Gasteiger partial charge on any atom is 0.416 e. The predicted molar refractivity (Wildman–Crippen MR) is 162 cm³/mol. The zero-order chi connectivity index (χ0) is 32.3. The van der Waals surface area contributed by atoms with Crippen molar-refractivity contribution in [2.24, 2.45) is 5.73 Å². The van der Waals surface area contributed by atoms with E-state index in [1.54, 1.807) is 49.7 Å². The minimum absolute atomic E-state index is 0.152. The molecule has 2 N–H and O–H groups in total. The molecule has 0 spiro atoms. The Balaban J connectivity index is 1.51. The molecule has 1 fully saturated rings. The number of hydrogen-bond acceptors (Lipinski definition) is 7. The molecule has 45 heavy (non-hydrogen) atoms. The fourth-order valence-electron chi connectivity index (χ4n) is 5.66. The largest absolute Gasteiger partial charge is 0.481 e. The molecule has 5 rings (SSSR count). The molecule has 1 aliphatic rings. The maximum atomic E-state index is 14.9. The maximum absolute atomic E-state index is 14.9. The highest BCUT2D eigenvalue weighted by Crippen LogP contribution is 2.33. The molecule has 0 radical (unpaired) electrons. The van der Waals surface area contributed by atoms with Gasteiger partial charge in [0.05, 0.1) is 25.8 Å². The van der Waals surface area contributed by atoms with Gasteiger partial charge in [0.15, 0.2) is 0 Å². The van der Waals surface area contributed by atoms with Crippen molar-refractivity contribution in [2.75, 3.05) is 38.2 Å². The van der Waals surface area contributed by atoms with E-state index in [4.69, 9.17) is 10.5 Å². The number of nitrogens with zero attached hydrogens (tertiary/aromatic N) is 5. The zero-order valence-electron chi connectivity index (χ0n) is 24.9. The first-order valence-electron chi connectivity index (χ1n) is 14.4. The Labute approximate surface area is 257 Å². The van der Waals surface area contributed by atoms with Crippen LogP contribution in [0.2, 0.25) is 0 Å². The summed E-state index contributed by atoms with van der Waals surface area (Å²) in [6.45, 7) is 3.15. The third-order valence-corrected chi connectivity index (χ3v) is 8.11. The van der Waals surface area contributed by atoms with Crippen LogP contribution in [0.25, 0.3) is 0 Å². The van der Waals surface area contributed by atoms with Gasteiger partial charge in [-0.15, -0.1) is 0 Å². The van der Waals surface area contributed by atoms with Crippen LogP contribution in [0.5, 0.6) is 5.88 Å². The zero-order valence-corrected chi connectivity index (χ0v) is 24.9. The van der Waals surface area contributed by atoms with Gasteiger partial charge in [0.1, 0.15) is 11.5 Å². The van der Waals surface area contributed by atoms with E-state index in [1.807, 2.05) is 11.0 Å². The molecule has 1 aliphatic heterocycles. The molecule has 0 aliphatic carbocycles. The lowest BCUT2D eigenvalue weighted by Crippen LogP contribution is -2.51. The number of nitrogens with two attached hydrogens (primary N) is 1. The molecular formula is C32H34F4N6O3. The fourth-order valence-corrected chi connectivity index (χ4v) is 5.66. The van der Waals surface area contributed by atoms with Gasteiger partial charge in [0, 0.05) is 62.3 Å². The molecular weight excluding hydrogens is 592 g/mol. The summed E-state index contributed by atoms with van der Waals surface area (Å²) in [6.07, 6.45) is -3.12. The monoisotopic (exact) mass is 626 g/mol. The molecule has 2 aromatic carbocycles. The summed E-state index contributed by atoms with van der Waals surface area (Å²) in [5.74, 6) is -0.590. The molecule has 0 amide bonds. The normalized spacial score (nSPS) is 14.9. The lowest BCUT2D eigenvalue weighted by Gasteiger charge is -2.37. The quantitative estimate of drug-likeness (QED) is 0.281. The number of hydrogen-bond donors (Lipinski definition) is 1. The smallest absolute Gasteiger partial charge is 0.416 e. The van der Waals surface area contributed by atoms with Crippen molar-refractivity contribution < 1.29 is 22.3 Å². The van der Waals surface area contributed by atoms with E-state index >= 15 is 0 Å². The lowest BCUT2D eigenvalue weighted by molar-refractivity contribution is -0.138. The van der Waals surface area contributed by atoms with Gasteiger partial charge >= 0.3 is 11.9 Å². The molecule has 3 heterocycles. The number of alkyl halides is 3. The van der Waals surface area contributed by atoms with Crippen molar-refractivity contribution >= 4 is 5.69 Å². The van der Waals surface area contributed by atoms with E-state index in [9.17, 15) is 27.2 Å². The molecule has 238 valence electrons. The Bertz CT molecular complexity index is 1750. The van der Waals surface area contributed by atoms with Crippen LogP contribution in [0.3, 0.4) is 0 Å². The molecule has 1 saturated heterocycles. The first-order chi connectivity index (χ1) is 21.5. The summed E-state index contributed by atoms with van der Waals surface area (Å²) >= 11 is 0. The number of anilines is 1. The SMILES string of the molecule is COc1ccc(CN2CCN(c3c(C)n(Cc4c(F)cccc4C(F)(F)F)c(=O)n(CC(N)c4ccccc4)c3=O)CC2)cn1. The first kappa shape index (κ1) is 31.9. The number of piperazine rings is 1. The number of benzene rings is 2. The Morgan fingerprint density at radius 2 is 1.64 bits per heavy atom. The van der Waals surface area contributed by atoms with E-state index in [2.05, 4.69) is 9.88 Å². The Morgan fingerprint density at radius 3 is 2.27 bits per heavy atom. The van der Waals surface area contributed by atoms with Crippen LogP contribution in [0.15, 0.2) is 76.4 Å². The minimum atomic E-state index is -4.85. The molecule has 2 aromatic heterocycles. The van der Waals surface area contributed by atoms with Crippen molar-refractivity contribution in [2.45, 2.75) is 38.8 Å². The summed E-state index contributed by atoms with van der Waals surface area (Å²) in [7, 11) is 1.54. The first-order valence-corrected chi connectivity index (χ1v) is 14.4. The van der Waals surface area contributed by atoms with E-state index in [0.29, 0.717) is 44.2 Å². The van der Waals surface area contributed by atoms with Crippen LogP contribution in [0, 0.1) is 12.7 Å². The second-order valence-electron chi connectivity index (χ2n) is 11.0. The summed E-state index contributed by atoms with van der Waals surface area (Å²) < 4.78 is 63.7. The number of ether oxygens (including phenoxy) is 1. The summed E-state index contributed by atoms with van der Waals surface area (Å²) in [5, 5.41) is 0. The van der Waals surface area contributed by atoms with Crippen molar-refractivity contribution in [3.63, 3.8) is 0 Å². The van der Waals surface area contributed by atoms with Crippen molar-refractivity contribution in [1.29, 1.82) is 0 Å². The van der Waals surface area contributed by atoms with Crippen molar-refractivity contribution in [1.82, 2.24) is 19.0 Å². The number of rotatable bonds is 9. The number of aromatic nitrogens is 3. The van der Waals surface area contributed by atoms with E-state index < -0.39 is 47.0 Å². The number of pyridine rings is 1. The average molecular weight is 627 g/mol. The third kappa shape index (κ3) is 6.94. The minimum Gasteiger partial charge on any atom is -0.481 e. The standard InChI is InChI=1S/C32H34F4N6O3/c1-21-29(40-15-13-39(14-16-40)18-22-11-12-28(45-2)38-17-22)30(43)42(20-27(37)23-7-4-3-5-8-23)31(44)41(21)19-24-25(32(34,35)36)9-6-10-26(24)33/h3-12,17,27H,13-16,18-20,37H2,1-2H3. The molecule has 4 aromatic rings. The fraction of sp³-hybridized carbons (Fsp3) is 0.344. The van der Waals surface area contributed by atoms with Crippen LogP contribution in [-0.4, -0.2) is 52.3 Å². The van der Waals surface area contributed by atoms with E-state index in [-0.39, 0.29) is 17.9 Å². The topological polar surface area (TPSA) is 98.6 Å². The third-order valence-electron chi connectivity index (χ3n) is 8.11. The van der Waals surface area contributed by atoms with E-state index in [0.717, 1.165) is 32.9 Å². The van der Waals surface area contributed by atoms with Crippen LogP contribution in [0.1, 0.15) is 34.0 Å². The lowest BCUT2D eigenvalue weighted by atomic mass is 10.1. The van der Waals surface area contributed by atoms with Gasteiger partial charge in [-0.2, -0.15) is 13.2 Å². The molecule has 0 saturated carbocycles. The van der Waals surface area contributed by atoms with Crippen LogP contribution >= 0.6 is 0 Å². The average Bonchev–Trinajstić information content (AvgIpc) is 3.03. The van der Waals surface area contributed by atoms with Crippen molar-refractivity contribution in [3.8, 4) is 5.88 Å². The highest BCUT2D eigenvalue weighted by molar-refractivity contribution is 5.50. The number of methoxy groups -OCH3 is 1. The van der Waals surface area contributed by atoms with Crippen molar-refractivity contribution in [3.05, 3.63) is 121 Å². The highest BCUT2D eigenvalue weighted by atomic mass is 19.4. The Morgan fingerprint density at radius 1 is 0.933 bits per heavy atom. The predicted octanol–water partition coefficient (Wildman–Crippen LogP) is 3.95. The van der Waals surface area contributed by atoms with Gasteiger partial charge in [0.2, 0.25) is 5.88 Å². The molecule has 13 heteroatoms. The second-order valence-corrected chi connectivity index (χ2v) is 11.0. The van der Waals surface area contributed by atoms with Crippen LogP contribution in [-0.2, 0) is 25.8 Å². The van der Waals surface area contributed by atoms with Gasteiger partial charge in [-0.3, -0.25) is 18.8 Å². The summed E-state index contributed by atoms with van der Waals surface area (Å²) in [6, 6.07) is 14.5. The molecule has 0 bridgehead atoms. The summed E-state index contributed by atoms with van der Waals surface area (Å²) in [4.78, 5) is 36.0. The van der Waals surface area contributed by atoms with Gasteiger partial charge in [-0.1, -0.05) is 42.5 Å². The molecule has 9 nitrogen and oxygen atoms in total. The van der Waals surface area contributed by atoms with Gasteiger partial charge in [-0.25, -0.2) is 14.2 Å². The van der Waals surface area contributed by atoms with Gasteiger partial charge in [0.25, 0.3) is 5.56 Å². The Hall–Kier alpha value is -4.49. The summed E-state index contributed by atoms with van der Waals surface area (Å²) in [5.41, 5.74) is 5.05. The van der Waals surface area contributed by atoms with Gasteiger partial charge < -0.3 is 15.4 Å². The van der Waals surface area contributed by atoms with E-state index in [1.165, 1.54) is 6.92 Å². The second kappa shape index (κ2) is 13.2. The number of halogens is 4. The van der Waals surface area contributed by atoms with Crippen LogP contribution < -0.4 is 26.6 Å². The molecule has 1 atom stereocenters. The highest BCUT2D eigenvalue weighted by Gasteiger charge is 2.35. The van der Waals surface area contributed by atoms with Gasteiger partial charge in [-0.05, 0) is 30.2 Å². The molecule has 1 unspecified atom stereocenters.